The van der Waals surface area contributed by atoms with E-state index >= 15 is 0 Å². The van der Waals surface area contributed by atoms with Gasteiger partial charge in [0.1, 0.15) is 0 Å². The summed E-state index contributed by atoms with van der Waals surface area (Å²) < 4.78 is 0. The van der Waals surface area contributed by atoms with Gasteiger partial charge in [0.15, 0.2) is 0 Å². The first-order valence-electron chi connectivity index (χ1n) is 9.48. The van der Waals surface area contributed by atoms with Crippen molar-refractivity contribution in [3.8, 4) is 0 Å². The van der Waals surface area contributed by atoms with Crippen molar-refractivity contribution in [3.05, 3.63) is 106 Å². The van der Waals surface area contributed by atoms with Crippen molar-refractivity contribution in [1.82, 2.24) is 9.80 Å². The maximum absolute atomic E-state index is 12.7. The first kappa shape index (κ1) is 19.9. The molecule has 1 heterocycles. The predicted octanol–water partition coefficient (Wildman–Crippen LogP) is 4.41. The lowest BCUT2D eigenvalue weighted by atomic mass is 10.1. The van der Waals surface area contributed by atoms with Gasteiger partial charge < -0.3 is 4.90 Å². The number of amides is 3. The molecule has 3 aromatic rings. The van der Waals surface area contributed by atoms with Gasteiger partial charge in [-0.25, -0.2) is 0 Å². The fourth-order valence-electron chi connectivity index (χ4n) is 3.52. The Morgan fingerprint density at radius 3 is 2.10 bits per heavy atom. The Morgan fingerprint density at radius 2 is 1.50 bits per heavy atom. The smallest absolute Gasteiger partial charge is 0.261 e. The molecule has 0 fully saturated rings. The van der Waals surface area contributed by atoms with Crippen molar-refractivity contribution in [1.29, 1.82) is 0 Å². The van der Waals surface area contributed by atoms with Gasteiger partial charge >= 0.3 is 0 Å². The van der Waals surface area contributed by atoms with Crippen LogP contribution in [0.1, 0.15) is 42.2 Å². The summed E-state index contributed by atoms with van der Waals surface area (Å²) in [5, 5.41) is 0.630. The number of rotatable bonds is 5. The molecule has 0 radical (unpaired) electrons. The number of carbonyl (C=O) groups excluding carboxylic acids is 3. The number of hydrogen-bond acceptors (Lipinski definition) is 3. The molecule has 4 rings (SSSR count). The van der Waals surface area contributed by atoms with E-state index in [2.05, 4.69) is 0 Å². The first-order valence-corrected chi connectivity index (χ1v) is 9.86. The zero-order chi connectivity index (χ0) is 21.3. The highest BCUT2D eigenvalue weighted by Gasteiger charge is 2.34. The molecule has 150 valence electrons. The Kier molecular flexibility index (Phi) is 5.38. The number of carbonyl (C=O) groups is 3. The van der Waals surface area contributed by atoms with Crippen LogP contribution in [0.4, 0.5) is 0 Å². The van der Waals surface area contributed by atoms with Gasteiger partial charge in [0.25, 0.3) is 17.7 Å². The molecule has 30 heavy (non-hydrogen) atoms. The second kappa shape index (κ2) is 8.13. The van der Waals surface area contributed by atoms with Crippen molar-refractivity contribution in [2.45, 2.75) is 13.1 Å². The van der Waals surface area contributed by atoms with Gasteiger partial charge in [-0.3, -0.25) is 19.3 Å². The maximum Gasteiger partial charge on any atom is 0.261 e. The monoisotopic (exact) mass is 418 g/mol. The van der Waals surface area contributed by atoms with Gasteiger partial charge in [0.05, 0.1) is 17.7 Å². The molecular weight excluding hydrogens is 400 g/mol. The second-order valence-electron chi connectivity index (χ2n) is 7.23. The summed E-state index contributed by atoms with van der Waals surface area (Å²) in [6.07, 6.45) is 0. The highest BCUT2D eigenvalue weighted by atomic mass is 35.5. The Hall–Kier alpha value is -3.44. The number of halogens is 1. The largest absolute Gasteiger partial charge is 0.337 e. The van der Waals surface area contributed by atoms with Gasteiger partial charge in [-0.1, -0.05) is 48.0 Å². The molecule has 3 aromatic carbocycles. The summed E-state index contributed by atoms with van der Waals surface area (Å²) in [6, 6.07) is 21.2. The zero-order valence-corrected chi connectivity index (χ0v) is 17.1. The van der Waals surface area contributed by atoms with E-state index in [1.807, 2.05) is 18.2 Å². The molecule has 5 nitrogen and oxygen atoms in total. The first-order chi connectivity index (χ1) is 14.4. The zero-order valence-electron chi connectivity index (χ0n) is 16.3. The van der Waals surface area contributed by atoms with Crippen LogP contribution in [0.2, 0.25) is 5.02 Å². The van der Waals surface area contributed by atoms with Crippen molar-refractivity contribution >= 4 is 29.3 Å². The predicted molar refractivity (Wildman–Crippen MR) is 114 cm³/mol. The van der Waals surface area contributed by atoms with Gasteiger partial charge in [0.2, 0.25) is 0 Å². The molecule has 1 aliphatic heterocycles. The molecule has 0 unspecified atom stereocenters. The topological polar surface area (TPSA) is 57.7 Å². The molecule has 0 bridgehead atoms. The molecule has 1 aliphatic rings. The van der Waals surface area contributed by atoms with E-state index in [0.29, 0.717) is 28.3 Å². The average Bonchev–Trinajstić information content (AvgIpc) is 2.99. The number of imide groups is 1. The highest BCUT2D eigenvalue weighted by Crippen LogP contribution is 2.24. The Balaban J connectivity index is 1.44. The molecule has 0 aromatic heterocycles. The lowest BCUT2D eigenvalue weighted by molar-refractivity contribution is 0.0641. The molecule has 0 saturated heterocycles. The van der Waals surface area contributed by atoms with E-state index in [-0.39, 0.29) is 24.3 Å². The van der Waals surface area contributed by atoms with Crippen molar-refractivity contribution < 1.29 is 14.4 Å². The van der Waals surface area contributed by atoms with E-state index in [9.17, 15) is 14.4 Å². The minimum atomic E-state index is -0.294. The van der Waals surface area contributed by atoms with E-state index < -0.39 is 0 Å². The maximum atomic E-state index is 12.7. The fraction of sp³-hybridized carbons (Fsp3) is 0.125. The fourth-order valence-corrected chi connectivity index (χ4v) is 3.73. The summed E-state index contributed by atoms with van der Waals surface area (Å²) in [5.74, 6) is -0.712. The lowest BCUT2D eigenvalue weighted by Crippen LogP contribution is -2.29. The highest BCUT2D eigenvalue weighted by molar-refractivity contribution is 6.30. The van der Waals surface area contributed by atoms with E-state index in [1.165, 1.54) is 4.90 Å². The van der Waals surface area contributed by atoms with Crippen LogP contribution in [0, 0.1) is 0 Å². The normalized spacial score (nSPS) is 12.8. The minimum absolute atomic E-state index is 0.123. The molecular formula is C24H19ClN2O3. The van der Waals surface area contributed by atoms with Crippen molar-refractivity contribution in [2.75, 3.05) is 7.05 Å². The Bertz CT molecular complexity index is 1110. The number of benzene rings is 3. The molecule has 6 heteroatoms. The third-order valence-corrected chi connectivity index (χ3v) is 5.31. The Labute approximate surface area is 179 Å². The minimum Gasteiger partial charge on any atom is -0.337 e. The molecule has 0 atom stereocenters. The standard InChI is InChI=1S/C24H19ClN2O3/c1-26(14-17-5-4-6-19(25)13-17)22(28)18-11-9-16(10-12-18)15-27-23(29)20-7-2-3-8-21(20)24(27)30/h2-13H,14-15H2,1H3. The number of fused-ring (bicyclic) bond motifs is 1. The lowest BCUT2D eigenvalue weighted by Gasteiger charge is -2.18. The van der Waals surface area contributed by atoms with E-state index in [1.54, 1.807) is 66.5 Å². The van der Waals surface area contributed by atoms with Crippen molar-refractivity contribution in [3.63, 3.8) is 0 Å². The van der Waals surface area contributed by atoms with Crippen LogP contribution in [-0.4, -0.2) is 34.6 Å². The Morgan fingerprint density at radius 1 is 0.867 bits per heavy atom. The summed E-state index contributed by atoms with van der Waals surface area (Å²) >= 11 is 6.01. The van der Waals surface area contributed by atoms with E-state index in [0.717, 1.165) is 11.1 Å². The molecule has 3 amide bonds. The summed E-state index contributed by atoms with van der Waals surface area (Å²) in [4.78, 5) is 40.6. The van der Waals surface area contributed by atoms with E-state index in [4.69, 9.17) is 11.6 Å². The quantitative estimate of drug-likeness (QED) is 0.577. The summed E-state index contributed by atoms with van der Waals surface area (Å²) in [6.45, 7) is 0.607. The third-order valence-electron chi connectivity index (χ3n) is 5.08. The van der Waals surface area contributed by atoms with Crippen LogP contribution in [0.3, 0.4) is 0 Å². The molecule has 0 saturated carbocycles. The summed E-state index contributed by atoms with van der Waals surface area (Å²) in [5.41, 5.74) is 3.11. The van der Waals surface area contributed by atoms with Crippen LogP contribution in [-0.2, 0) is 13.1 Å². The number of nitrogens with zero attached hydrogens (tertiary/aromatic N) is 2. The van der Waals surface area contributed by atoms with Crippen LogP contribution < -0.4 is 0 Å². The summed E-state index contributed by atoms with van der Waals surface area (Å²) in [7, 11) is 1.73. The van der Waals surface area contributed by atoms with Crippen LogP contribution in [0.25, 0.3) is 0 Å². The van der Waals surface area contributed by atoms with Crippen molar-refractivity contribution in [2.24, 2.45) is 0 Å². The van der Waals surface area contributed by atoms with Gasteiger partial charge in [-0.15, -0.1) is 0 Å². The molecule has 0 aliphatic carbocycles. The average molecular weight is 419 g/mol. The molecule has 0 N–H and O–H groups in total. The molecule has 0 spiro atoms. The van der Waals surface area contributed by atoms with Crippen LogP contribution in [0.15, 0.2) is 72.8 Å². The van der Waals surface area contributed by atoms with Gasteiger partial charge in [-0.2, -0.15) is 0 Å². The van der Waals surface area contributed by atoms with Gasteiger partial charge in [-0.05, 0) is 47.5 Å². The van der Waals surface area contributed by atoms with Gasteiger partial charge in [0, 0.05) is 24.2 Å². The van der Waals surface area contributed by atoms with Crippen LogP contribution in [0.5, 0.6) is 0 Å². The number of hydrogen-bond donors (Lipinski definition) is 0. The van der Waals surface area contributed by atoms with Crippen LogP contribution >= 0.6 is 11.6 Å². The SMILES string of the molecule is CN(Cc1cccc(Cl)c1)C(=O)c1ccc(CN2C(=O)c3ccccc3C2=O)cc1. The second-order valence-corrected chi connectivity index (χ2v) is 7.67. The third kappa shape index (κ3) is 3.84.